The largest absolute Gasteiger partial charge is 0.486 e. The number of allylic oxidation sites excluding steroid dienone is 1. The molecule has 0 aliphatic carbocycles. The SMILES string of the molecule is CN/C=C(\C=N)c1ccc(CN2Cc3cccc(OCc4ccn(C(=O)OC(C)(C)C)n4)c3C2=O)cc1. The molecule has 2 heterocycles. The smallest absolute Gasteiger partial charge is 0.435 e. The third-order valence-electron chi connectivity index (χ3n) is 5.69. The van der Waals surface area contributed by atoms with Crippen LogP contribution in [0.4, 0.5) is 4.79 Å². The lowest BCUT2D eigenvalue weighted by molar-refractivity contribution is 0.0513. The van der Waals surface area contributed by atoms with Crippen LogP contribution in [0, 0.1) is 5.41 Å². The summed E-state index contributed by atoms with van der Waals surface area (Å²) >= 11 is 0. The standard InChI is InChI=1S/C28H31N5O4/c1-28(2,3)37-27(35)33-13-12-23(31-33)18-36-24-7-5-6-21-17-32(26(34)25(21)24)16-19-8-10-20(11-9-19)22(14-29)15-30-4/h5-15,29-30H,16-18H2,1-4H3/b22-15+,29-14?. The molecule has 1 aliphatic rings. The molecule has 192 valence electrons. The second-order valence-corrected chi connectivity index (χ2v) is 9.70. The molecule has 1 aromatic heterocycles. The summed E-state index contributed by atoms with van der Waals surface area (Å²) < 4.78 is 12.4. The number of hydrogen-bond acceptors (Lipinski definition) is 7. The van der Waals surface area contributed by atoms with E-state index in [0.717, 1.165) is 26.9 Å². The van der Waals surface area contributed by atoms with Gasteiger partial charge in [-0.25, -0.2) is 4.79 Å². The summed E-state index contributed by atoms with van der Waals surface area (Å²) in [7, 11) is 1.79. The van der Waals surface area contributed by atoms with Crippen LogP contribution in [0.2, 0.25) is 0 Å². The van der Waals surface area contributed by atoms with Crippen LogP contribution in [0.25, 0.3) is 5.57 Å². The van der Waals surface area contributed by atoms with Crippen molar-refractivity contribution < 1.29 is 19.1 Å². The van der Waals surface area contributed by atoms with Crippen LogP contribution in [0.15, 0.2) is 60.9 Å². The van der Waals surface area contributed by atoms with Gasteiger partial charge in [-0.3, -0.25) is 4.79 Å². The summed E-state index contributed by atoms with van der Waals surface area (Å²) in [6.45, 7) is 6.44. The van der Waals surface area contributed by atoms with Crippen LogP contribution in [-0.2, 0) is 24.4 Å². The fraction of sp³-hybridized carbons (Fsp3) is 0.286. The van der Waals surface area contributed by atoms with Crippen LogP contribution < -0.4 is 10.1 Å². The van der Waals surface area contributed by atoms with Crippen LogP contribution in [0.1, 0.15) is 53.5 Å². The van der Waals surface area contributed by atoms with Crippen molar-refractivity contribution in [3.63, 3.8) is 0 Å². The molecule has 1 aliphatic heterocycles. The Morgan fingerprint density at radius 1 is 1.16 bits per heavy atom. The van der Waals surface area contributed by atoms with E-state index >= 15 is 0 Å². The summed E-state index contributed by atoms with van der Waals surface area (Å²) in [4.78, 5) is 27.3. The lowest BCUT2D eigenvalue weighted by Crippen LogP contribution is -2.27. The number of carbonyl (C=O) groups excluding carboxylic acids is 2. The van der Waals surface area contributed by atoms with E-state index in [-0.39, 0.29) is 12.5 Å². The van der Waals surface area contributed by atoms with Gasteiger partial charge in [-0.2, -0.15) is 9.78 Å². The van der Waals surface area contributed by atoms with Gasteiger partial charge in [-0.1, -0.05) is 36.4 Å². The topological polar surface area (TPSA) is 110 Å². The Morgan fingerprint density at radius 2 is 1.92 bits per heavy atom. The highest BCUT2D eigenvalue weighted by molar-refractivity contribution is 6.08. The Hall–Kier alpha value is -4.40. The Morgan fingerprint density at radius 3 is 2.59 bits per heavy atom. The first-order valence-electron chi connectivity index (χ1n) is 12.0. The zero-order valence-electron chi connectivity index (χ0n) is 21.4. The maximum atomic E-state index is 13.3. The molecule has 2 aromatic carbocycles. The van der Waals surface area contributed by atoms with Crippen molar-refractivity contribution in [2.24, 2.45) is 0 Å². The molecule has 0 unspecified atom stereocenters. The molecule has 9 nitrogen and oxygen atoms in total. The quantitative estimate of drug-likeness (QED) is 0.436. The Kier molecular flexibility index (Phi) is 7.42. The van der Waals surface area contributed by atoms with Gasteiger partial charge in [0.05, 0.1) is 5.56 Å². The first kappa shape index (κ1) is 25.7. The number of hydrogen-bond donors (Lipinski definition) is 2. The van der Waals surface area contributed by atoms with Crippen molar-refractivity contribution in [1.29, 1.82) is 5.41 Å². The summed E-state index contributed by atoms with van der Waals surface area (Å²) in [5.41, 5.74) is 4.07. The van der Waals surface area contributed by atoms with Gasteiger partial charge < -0.3 is 25.1 Å². The van der Waals surface area contributed by atoms with Crippen LogP contribution in [-0.4, -0.2) is 45.5 Å². The molecule has 1 amide bonds. The minimum Gasteiger partial charge on any atom is -0.486 e. The Bertz CT molecular complexity index is 1340. The van der Waals surface area contributed by atoms with Crippen molar-refractivity contribution in [2.45, 2.75) is 46.1 Å². The van der Waals surface area contributed by atoms with Gasteiger partial charge in [0.15, 0.2) is 0 Å². The molecule has 4 rings (SSSR count). The van der Waals surface area contributed by atoms with E-state index < -0.39 is 11.7 Å². The Balaban J connectivity index is 1.42. The summed E-state index contributed by atoms with van der Waals surface area (Å²) in [6.07, 6.45) is 4.03. The highest BCUT2D eigenvalue weighted by Gasteiger charge is 2.30. The molecule has 0 radical (unpaired) electrons. The second kappa shape index (κ2) is 10.7. The number of nitrogens with zero attached hydrogens (tertiary/aromatic N) is 3. The van der Waals surface area contributed by atoms with E-state index in [2.05, 4.69) is 10.4 Å². The molecule has 37 heavy (non-hydrogen) atoms. The number of benzene rings is 2. The average Bonchev–Trinajstić information content (AvgIpc) is 3.46. The summed E-state index contributed by atoms with van der Waals surface area (Å²) in [5.74, 6) is 0.393. The monoisotopic (exact) mass is 501 g/mol. The van der Waals surface area contributed by atoms with Crippen molar-refractivity contribution in [1.82, 2.24) is 20.0 Å². The first-order valence-corrected chi connectivity index (χ1v) is 12.0. The molecular formula is C28H31N5O4. The van der Waals surface area contributed by atoms with Crippen molar-refractivity contribution >= 4 is 23.8 Å². The van der Waals surface area contributed by atoms with Gasteiger partial charge in [0.1, 0.15) is 23.7 Å². The van der Waals surface area contributed by atoms with E-state index in [0.29, 0.717) is 30.1 Å². The highest BCUT2D eigenvalue weighted by atomic mass is 16.6. The number of rotatable bonds is 8. The molecule has 2 N–H and O–H groups in total. The lowest BCUT2D eigenvalue weighted by Gasteiger charge is -2.18. The maximum Gasteiger partial charge on any atom is 0.435 e. The van der Waals surface area contributed by atoms with Crippen molar-refractivity contribution in [2.75, 3.05) is 7.05 Å². The first-order chi connectivity index (χ1) is 17.7. The fourth-order valence-electron chi connectivity index (χ4n) is 4.02. The van der Waals surface area contributed by atoms with Gasteiger partial charge in [0.2, 0.25) is 0 Å². The van der Waals surface area contributed by atoms with Crippen LogP contribution in [0.5, 0.6) is 5.75 Å². The molecule has 0 bridgehead atoms. The average molecular weight is 502 g/mol. The van der Waals surface area contributed by atoms with E-state index in [1.54, 1.807) is 51.1 Å². The van der Waals surface area contributed by atoms with Crippen molar-refractivity contribution in [3.8, 4) is 5.75 Å². The lowest BCUT2D eigenvalue weighted by atomic mass is 10.1. The number of aromatic nitrogens is 2. The number of fused-ring (bicyclic) bond motifs is 1. The fourth-order valence-corrected chi connectivity index (χ4v) is 4.02. The van der Waals surface area contributed by atoms with Crippen LogP contribution >= 0.6 is 0 Å². The molecule has 0 saturated heterocycles. The van der Waals surface area contributed by atoms with Crippen molar-refractivity contribution in [3.05, 3.63) is 88.9 Å². The molecule has 0 atom stereocenters. The normalized spacial score (nSPS) is 13.4. The van der Waals surface area contributed by atoms with Gasteiger partial charge in [-0.05, 0) is 49.6 Å². The predicted octanol–water partition coefficient (Wildman–Crippen LogP) is 4.61. The summed E-state index contributed by atoms with van der Waals surface area (Å²) in [5, 5.41) is 14.7. The third-order valence-corrected chi connectivity index (χ3v) is 5.69. The third kappa shape index (κ3) is 6.06. The van der Waals surface area contributed by atoms with Gasteiger partial charge >= 0.3 is 6.09 Å². The van der Waals surface area contributed by atoms with Gasteiger partial charge in [-0.15, -0.1) is 0 Å². The zero-order valence-corrected chi connectivity index (χ0v) is 21.4. The second-order valence-electron chi connectivity index (χ2n) is 9.70. The van der Waals surface area contributed by atoms with Gasteiger partial charge in [0.25, 0.3) is 5.91 Å². The molecule has 0 fully saturated rings. The van der Waals surface area contributed by atoms with Crippen LogP contribution in [0.3, 0.4) is 0 Å². The zero-order chi connectivity index (χ0) is 26.6. The number of amides is 1. The van der Waals surface area contributed by atoms with E-state index in [1.165, 1.54) is 12.4 Å². The molecular weight excluding hydrogens is 470 g/mol. The summed E-state index contributed by atoms with van der Waals surface area (Å²) in [6, 6.07) is 15.1. The molecule has 9 heteroatoms. The molecule has 3 aromatic rings. The minimum absolute atomic E-state index is 0.0933. The highest BCUT2D eigenvalue weighted by Crippen LogP contribution is 2.32. The number of nitrogens with one attached hydrogen (secondary N) is 2. The van der Waals surface area contributed by atoms with Gasteiger partial charge in [0, 0.05) is 44.3 Å². The molecule has 0 spiro atoms. The van der Waals surface area contributed by atoms with E-state index in [1.807, 2.05) is 36.4 Å². The predicted molar refractivity (Wildman–Crippen MR) is 140 cm³/mol. The molecule has 0 saturated carbocycles. The Labute approximate surface area is 216 Å². The minimum atomic E-state index is -0.619. The van der Waals surface area contributed by atoms with E-state index in [9.17, 15) is 9.59 Å². The number of ether oxygens (including phenoxy) is 2. The maximum absolute atomic E-state index is 13.3. The number of carbonyl (C=O) groups is 2. The van der Waals surface area contributed by atoms with E-state index in [4.69, 9.17) is 14.9 Å².